The van der Waals surface area contributed by atoms with Crippen LogP contribution in [0.3, 0.4) is 0 Å². The minimum Gasteiger partial charge on any atom is -0.475 e. The fourth-order valence-electron chi connectivity index (χ4n) is 1.73. The van der Waals surface area contributed by atoms with Gasteiger partial charge in [0, 0.05) is 6.42 Å². The van der Waals surface area contributed by atoms with E-state index < -0.39 is 23.6 Å². The lowest BCUT2D eigenvalue weighted by atomic mass is 9.83. The Morgan fingerprint density at radius 3 is 2.47 bits per heavy atom. The van der Waals surface area contributed by atoms with Crippen LogP contribution in [-0.2, 0) is 12.6 Å². The maximum absolute atomic E-state index is 12.5. The molecule has 0 spiro atoms. The number of aromatic nitrogens is 1. The fourth-order valence-corrected chi connectivity index (χ4v) is 1.73. The number of aromatic carboxylic acids is 1. The van der Waals surface area contributed by atoms with Gasteiger partial charge in [0.25, 0.3) is 0 Å². The summed E-state index contributed by atoms with van der Waals surface area (Å²) in [5, 5.41) is 8.61. The van der Waals surface area contributed by atoms with Crippen molar-refractivity contribution in [2.75, 3.05) is 0 Å². The quantitative estimate of drug-likeness (QED) is 0.894. The number of carboxylic acids is 1. The standard InChI is InChI=1S/C10H10F3NO3/c11-10(12,13)8-7(9(15)16)17-6(14-8)4-5-2-1-3-5/h5H,1-4H2,(H,15,16). The summed E-state index contributed by atoms with van der Waals surface area (Å²) < 4.78 is 42.1. The maximum atomic E-state index is 12.5. The fraction of sp³-hybridized carbons (Fsp3) is 0.600. The highest BCUT2D eigenvalue weighted by Gasteiger charge is 2.41. The summed E-state index contributed by atoms with van der Waals surface area (Å²) in [6.07, 6.45) is -1.63. The Balaban J connectivity index is 2.26. The second-order valence-corrected chi connectivity index (χ2v) is 4.09. The molecule has 0 radical (unpaired) electrons. The molecule has 0 aliphatic heterocycles. The number of hydrogen-bond acceptors (Lipinski definition) is 3. The van der Waals surface area contributed by atoms with E-state index in [1.165, 1.54) is 0 Å². The lowest BCUT2D eigenvalue weighted by Crippen LogP contribution is -2.14. The molecule has 0 atom stereocenters. The van der Waals surface area contributed by atoms with Gasteiger partial charge in [-0.25, -0.2) is 9.78 Å². The summed E-state index contributed by atoms with van der Waals surface area (Å²) in [5.74, 6) is -2.74. The number of halogens is 3. The van der Waals surface area contributed by atoms with Gasteiger partial charge in [-0.3, -0.25) is 0 Å². The molecule has 0 amide bonds. The van der Waals surface area contributed by atoms with Crippen molar-refractivity contribution in [2.24, 2.45) is 5.92 Å². The van der Waals surface area contributed by atoms with Gasteiger partial charge in [0.15, 0.2) is 11.6 Å². The number of alkyl halides is 3. The van der Waals surface area contributed by atoms with Crippen LogP contribution < -0.4 is 0 Å². The highest BCUT2D eigenvalue weighted by molar-refractivity contribution is 5.85. The first-order valence-corrected chi connectivity index (χ1v) is 5.18. The van der Waals surface area contributed by atoms with Crippen molar-refractivity contribution in [2.45, 2.75) is 31.9 Å². The van der Waals surface area contributed by atoms with Crippen LogP contribution in [0.5, 0.6) is 0 Å². The maximum Gasteiger partial charge on any atom is 0.437 e. The third-order valence-corrected chi connectivity index (χ3v) is 2.82. The number of oxazole rings is 1. The van der Waals surface area contributed by atoms with Gasteiger partial charge < -0.3 is 9.52 Å². The second kappa shape index (κ2) is 4.05. The summed E-state index contributed by atoms with van der Waals surface area (Å²) >= 11 is 0. The number of rotatable bonds is 3. The van der Waals surface area contributed by atoms with Crippen LogP contribution in [0, 0.1) is 5.92 Å². The Morgan fingerprint density at radius 2 is 2.12 bits per heavy atom. The Kier molecular flexibility index (Phi) is 2.84. The first-order chi connectivity index (χ1) is 7.88. The molecule has 0 aromatic carbocycles. The van der Waals surface area contributed by atoms with Crippen molar-refractivity contribution in [3.63, 3.8) is 0 Å². The van der Waals surface area contributed by atoms with Crippen LogP contribution >= 0.6 is 0 Å². The van der Waals surface area contributed by atoms with Crippen LogP contribution in [0.1, 0.15) is 41.4 Å². The summed E-state index contributed by atoms with van der Waals surface area (Å²) in [6.45, 7) is 0. The molecule has 1 aliphatic rings. The van der Waals surface area contributed by atoms with Gasteiger partial charge >= 0.3 is 12.1 Å². The molecule has 0 saturated heterocycles. The van der Waals surface area contributed by atoms with E-state index in [1.54, 1.807) is 0 Å². The molecule has 7 heteroatoms. The average Bonchev–Trinajstić information content (AvgIpc) is 2.54. The molecule has 1 N–H and O–H groups in total. The predicted molar refractivity (Wildman–Crippen MR) is 49.5 cm³/mol. The minimum atomic E-state index is -4.80. The molecule has 1 aliphatic carbocycles. The van der Waals surface area contributed by atoms with Crippen LogP contribution in [-0.4, -0.2) is 16.1 Å². The topological polar surface area (TPSA) is 63.3 Å². The summed E-state index contributed by atoms with van der Waals surface area (Å²) in [5.41, 5.74) is -1.45. The van der Waals surface area contributed by atoms with E-state index in [0.717, 1.165) is 19.3 Å². The zero-order valence-corrected chi connectivity index (χ0v) is 8.75. The molecular formula is C10H10F3NO3. The van der Waals surface area contributed by atoms with Gasteiger partial charge in [-0.15, -0.1) is 0 Å². The first-order valence-electron chi connectivity index (χ1n) is 5.18. The third kappa shape index (κ3) is 2.42. The molecule has 0 unspecified atom stereocenters. The van der Waals surface area contributed by atoms with Crippen LogP contribution in [0.4, 0.5) is 13.2 Å². The second-order valence-electron chi connectivity index (χ2n) is 4.09. The van der Waals surface area contributed by atoms with Gasteiger partial charge in [-0.1, -0.05) is 6.42 Å². The van der Waals surface area contributed by atoms with Crippen molar-refractivity contribution < 1.29 is 27.5 Å². The van der Waals surface area contributed by atoms with E-state index in [2.05, 4.69) is 9.40 Å². The molecule has 1 aromatic heterocycles. The Morgan fingerprint density at radius 1 is 1.47 bits per heavy atom. The van der Waals surface area contributed by atoms with E-state index >= 15 is 0 Å². The minimum absolute atomic E-state index is 0.139. The van der Waals surface area contributed by atoms with E-state index in [-0.39, 0.29) is 18.2 Å². The molecule has 1 saturated carbocycles. The van der Waals surface area contributed by atoms with Crippen LogP contribution in [0.15, 0.2) is 4.42 Å². The third-order valence-electron chi connectivity index (χ3n) is 2.82. The molecule has 1 aromatic rings. The first kappa shape index (κ1) is 11.9. The number of carbonyl (C=O) groups is 1. The Bertz CT molecular complexity index is 434. The molecular weight excluding hydrogens is 239 g/mol. The van der Waals surface area contributed by atoms with Crippen molar-refractivity contribution in [1.29, 1.82) is 0 Å². The van der Waals surface area contributed by atoms with Crippen LogP contribution in [0.25, 0.3) is 0 Å². The van der Waals surface area contributed by atoms with Crippen molar-refractivity contribution in [3.8, 4) is 0 Å². The predicted octanol–water partition coefficient (Wildman–Crippen LogP) is 2.73. The van der Waals surface area contributed by atoms with Crippen LogP contribution in [0.2, 0.25) is 0 Å². The zero-order valence-electron chi connectivity index (χ0n) is 8.75. The van der Waals surface area contributed by atoms with Crippen molar-refractivity contribution in [3.05, 3.63) is 17.3 Å². The molecule has 2 rings (SSSR count). The molecule has 1 heterocycles. The highest BCUT2D eigenvalue weighted by atomic mass is 19.4. The summed E-state index contributed by atoms with van der Waals surface area (Å²) in [6, 6.07) is 0. The van der Waals surface area contributed by atoms with Crippen molar-refractivity contribution >= 4 is 5.97 Å². The van der Waals surface area contributed by atoms with E-state index in [1.807, 2.05) is 0 Å². The van der Waals surface area contributed by atoms with Gasteiger partial charge in [0.2, 0.25) is 5.76 Å². The number of nitrogens with zero attached hydrogens (tertiary/aromatic N) is 1. The van der Waals surface area contributed by atoms with Gasteiger partial charge in [0.05, 0.1) is 0 Å². The summed E-state index contributed by atoms with van der Waals surface area (Å²) in [4.78, 5) is 13.9. The summed E-state index contributed by atoms with van der Waals surface area (Å²) in [7, 11) is 0. The molecule has 4 nitrogen and oxygen atoms in total. The SMILES string of the molecule is O=C(O)c1oc(CC2CCC2)nc1C(F)(F)F. The highest BCUT2D eigenvalue weighted by Crippen LogP contribution is 2.34. The molecule has 94 valence electrons. The van der Waals surface area contributed by atoms with Gasteiger partial charge in [0.1, 0.15) is 0 Å². The Hall–Kier alpha value is -1.53. The lowest BCUT2D eigenvalue weighted by molar-refractivity contribution is -0.141. The monoisotopic (exact) mass is 249 g/mol. The zero-order chi connectivity index (χ0) is 12.6. The van der Waals surface area contributed by atoms with Gasteiger partial charge in [-0.05, 0) is 18.8 Å². The van der Waals surface area contributed by atoms with E-state index in [0.29, 0.717) is 0 Å². The lowest BCUT2D eigenvalue weighted by Gasteiger charge is -2.23. The smallest absolute Gasteiger partial charge is 0.437 e. The molecule has 0 bridgehead atoms. The average molecular weight is 249 g/mol. The largest absolute Gasteiger partial charge is 0.475 e. The normalized spacial score (nSPS) is 16.9. The number of hydrogen-bond donors (Lipinski definition) is 1. The van der Waals surface area contributed by atoms with Crippen molar-refractivity contribution in [1.82, 2.24) is 4.98 Å². The van der Waals surface area contributed by atoms with E-state index in [4.69, 9.17) is 5.11 Å². The molecule has 1 fully saturated rings. The van der Waals surface area contributed by atoms with Gasteiger partial charge in [-0.2, -0.15) is 13.2 Å². The molecule has 17 heavy (non-hydrogen) atoms. The van der Waals surface area contributed by atoms with E-state index in [9.17, 15) is 18.0 Å². The Labute approximate surface area is 94.4 Å². The number of carboxylic acid groups (broad SMARTS) is 1.